The van der Waals surface area contributed by atoms with E-state index in [1.54, 1.807) is 17.1 Å². The SMILES string of the molecule is Cc1nn(C)cc1[C@H](C)NC(=O)NC1CCN(c2ncccn2)CC1. The lowest BCUT2D eigenvalue weighted by molar-refractivity contribution is 0.231. The summed E-state index contributed by atoms with van der Waals surface area (Å²) in [5, 5.41) is 10.4. The van der Waals surface area contributed by atoms with Gasteiger partial charge in [0.05, 0.1) is 11.7 Å². The smallest absolute Gasteiger partial charge is 0.315 e. The molecule has 2 aromatic rings. The summed E-state index contributed by atoms with van der Waals surface area (Å²) < 4.78 is 1.77. The van der Waals surface area contributed by atoms with Crippen molar-refractivity contribution in [2.45, 2.75) is 38.8 Å². The van der Waals surface area contributed by atoms with E-state index in [4.69, 9.17) is 0 Å². The Bertz CT molecular complexity index is 707. The highest BCUT2D eigenvalue weighted by Crippen LogP contribution is 2.17. The van der Waals surface area contributed by atoms with Crippen LogP contribution >= 0.6 is 0 Å². The summed E-state index contributed by atoms with van der Waals surface area (Å²) >= 11 is 0. The maximum atomic E-state index is 12.3. The monoisotopic (exact) mass is 343 g/mol. The lowest BCUT2D eigenvalue weighted by Crippen LogP contribution is -2.48. The Morgan fingerprint density at radius 1 is 1.28 bits per heavy atom. The summed E-state index contributed by atoms with van der Waals surface area (Å²) in [6, 6.07) is 1.77. The second-order valence-electron chi connectivity index (χ2n) is 6.49. The lowest BCUT2D eigenvalue weighted by atomic mass is 10.1. The minimum atomic E-state index is -0.134. The summed E-state index contributed by atoms with van der Waals surface area (Å²) in [7, 11) is 1.88. The van der Waals surface area contributed by atoms with Gasteiger partial charge in [-0.15, -0.1) is 0 Å². The van der Waals surface area contributed by atoms with Crippen molar-refractivity contribution >= 4 is 12.0 Å². The summed E-state index contributed by atoms with van der Waals surface area (Å²) in [5.41, 5.74) is 1.97. The predicted octanol–water partition coefficient (Wildman–Crippen LogP) is 1.55. The molecule has 1 atom stereocenters. The molecule has 0 bridgehead atoms. The van der Waals surface area contributed by atoms with Crippen molar-refractivity contribution in [2.24, 2.45) is 7.05 Å². The number of nitrogens with zero attached hydrogens (tertiary/aromatic N) is 5. The summed E-state index contributed by atoms with van der Waals surface area (Å²) in [6.45, 7) is 5.60. The van der Waals surface area contributed by atoms with E-state index in [2.05, 4.69) is 30.6 Å². The van der Waals surface area contributed by atoms with E-state index in [1.165, 1.54) is 0 Å². The Hall–Kier alpha value is -2.64. The Labute approximate surface area is 147 Å². The summed E-state index contributed by atoms with van der Waals surface area (Å²) in [4.78, 5) is 23.0. The van der Waals surface area contributed by atoms with E-state index < -0.39 is 0 Å². The molecule has 0 unspecified atom stereocenters. The molecule has 1 fully saturated rings. The van der Waals surface area contributed by atoms with Crippen molar-refractivity contribution in [3.8, 4) is 0 Å². The van der Waals surface area contributed by atoms with Gasteiger partial charge in [-0.2, -0.15) is 5.10 Å². The molecule has 2 amide bonds. The van der Waals surface area contributed by atoms with Gasteiger partial charge in [0.2, 0.25) is 5.95 Å². The molecule has 0 spiro atoms. The molecule has 2 aromatic heterocycles. The zero-order chi connectivity index (χ0) is 17.8. The van der Waals surface area contributed by atoms with Crippen LogP contribution in [0.15, 0.2) is 24.7 Å². The van der Waals surface area contributed by atoms with Crippen molar-refractivity contribution < 1.29 is 4.79 Å². The number of aromatic nitrogens is 4. The largest absolute Gasteiger partial charge is 0.341 e. The topological polar surface area (TPSA) is 88.0 Å². The van der Waals surface area contributed by atoms with Crippen LogP contribution in [0, 0.1) is 6.92 Å². The van der Waals surface area contributed by atoms with Gasteiger partial charge in [-0.1, -0.05) is 0 Å². The Morgan fingerprint density at radius 2 is 1.96 bits per heavy atom. The van der Waals surface area contributed by atoms with Gasteiger partial charge in [0, 0.05) is 50.3 Å². The summed E-state index contributed by atoms with van der Waals surface area (Å²) in [6.07, 6.45) is 7.21. The Kier molecular flexibility index (Phi) is 5.16. The number of nitrogens with one attached hydrogen (secondary N) is 2. The second kappa shape index (κ2) is 7.50. The molecule has 0 saturated carbocycles. The van der Waals surface area contributed by atoms with E-state index in [0.29, 0.717) is 0 Å². The number of urea groups is 1. The van der Waals surface area contributed by atoms with Crippen molar-refractivity contribution in [3.05, 3.63) is 35.9 Å². The molecule has 1 aliphatic rings. The molecule has 0 radical (unpaired) electrons. The quantitative estimate of drug-likeness (QED) is 0.879. The number of hydrogen-bond donors (Lipinski definition) is 2. The van der Waals surface area contributed by atoms with Gasteiger partial charge in [-0.3, -0.25) is 4.68 Å². The zero-order valence-electron chi connectivity index (χ0n) is 14.9. The normalized spacial score (nSPS) is 16.5. The van der Waals surface area contributed by atoms with Crippen LogP contribution in [-0.4, -0.2) is 44.9 Å². The third kappa shape index (κ3) is 4.26. The standard InChI is InChI=1S/C17H25N7O/c1-12(15-11-23(3)22-13(15)2)20-17(25)21-14-5-9-24(10-6-14)16-18-7-4-8-19-16/h4,7-8,11-12,14H,5-6,9-10H2,1-3H3,(H2,20,21,25)/t12-/m0/s1. The highest BCUT2D eigenvalue weighted by atomic mass is 16.2. The van der Waals surface area contributed by atoms with Gasteiger partial charge in [0.1, 0.15) is 0 Å². The molecule has 1 aliphatic heterocycles. The number of carbonyl (C=O) groups excluding carboxylic acids is 1. The fraction of sp³-hybridized carbons (Fsp3) is 0.529. The summed E-state index contributed by atoms with van der Waals surface area (Å²) in [5.74, 6) is 0.756. The molecule has 8 heteroatoms. The van der Waals surface area contributed by atoms with Crippen LogP contribution in [0.3, 0.4) is 0 Å². The molecule has 25 heavy (non-hydrogen) atoms. The van der Waals surface area contributed by atoms with Crippen LogP contribution in [0.25, 0.3) is 0 Å². The molecule has 1 saturated heterocycles. The maximum absolute atomic E-state index is 12.3. The second-order valence-corrected chi connectivity index (χ2v) is 6.49. The average molecular weight is 343 g/mol. The van der Waals surface area contributed by atoms with Crippen LogP contribution in [0.2, 0.25) is 0 Å². The van der Waals surface area contributed by atoms with Gasteiger partial charge in [0.15, 0.2) is 0 Å². The highest BCUT2D eigenvalue weighted by Gasteiger charge is 2.23. The number of hydrogen-bond acceptors (Lipinski definition) is 5. The predicted molar refractivity (Wildman–Crippen MR) is 95.3 cm³/mol. The van der Waals surface area contributed by atoms with Crippen LogP contribution in [0.4, 0.5) is 10.7 Å². The number of amides is 2. The number of piperidine rings is 1. The van der Waals surface area contributed by atoms with Gasteiger partial charge >= 0.3 is 6.03 Å². The molecule has 0 aromatic carbocycles. The molecule has 0 aliphatic carbocycles. The van der Waals surface area contributed by atoms with Crippen LogP contribution in [-0.2, 0) is 7.05 Å². The first-order chi connectivity index (χ1) is 12.0. The first-order valence-electron chi connectivity index (χ1n) is 8.62. The third-order valence-electron chi connectivity index (χ3n) is 4.53. The number of aryl methyl sites for hydroxylation is 2. The number of carbonyl (C=O) groups is 1. The van der Waals surface area contributed by atoms with Gasteiger partial charge in [-0.05, 0) is 32.8 Å². The maximum Gasteiger partial charge on any atom is 0.315 e. The van der Waals surface area contributed by atoms with Gasteiger partial charge < -0.3 is 15.5 Å². The molecule has 2 N–H and O–H groups in total. The molecule has 3 heterocycles. The molecule has 3 rings (SSSR count). The zero-order valence-corrected chi connectivity index (χ0v) is 14.9. The number of rotatable bonds is 4. The van der Waals surface area contributed by atoms with Crippen LogP contribution in [0.1, 0.15) is 37.1 Å². The molecule has 8 nitrogen and oxygen atoms in total. The molecule has 134 valence electrons. The van der Waals surface area contributed by atoms with Crippen molar-refractivity contribution in [1.29, 1.82) is 0 Å². The van der Waals surface area contributed by atoms with E-state index >= 15 is 0 Å². The van der Waals surface area contributed by atoms with E-state index in [1.807, 2.05) is 33.2 Å². The lowest BCUT2D eigenvalue weighted by Gasteiger charge is -2.32. The minimum absolute atomic E-state index is 0.0773. The number of anilines is 1. The minimum Gasteiger partial charge on any atom is -0.341 e. The van der Waals surface area contributed by atoms with Gasteiger partial charge in [-0.25, -0.2) is 14.8 Å². The highest BCUT2D eigenvalue weighted by molar-refractivity contribution is 5.74. The van der Waals surface area contributed by atoms with E-state index in [-0.39, 0.29) is 18.1 Å². The Morgan fingerprint density at radius 3 is 2.56 bits per heavy atom. The Balaban J connectivity index is 1.47. The van der Waals surface area contributed by atoms with E-state index in [0.717, 1.165) is 43.1 Å². The molecular formula is C17H25N7O. The first-order valence-corrected chi connectivity index (χ1v) is 8.62. The van der Waals surface area contributed by atoms with Crippen LogP contribution in [0.5, 0.6) is 0 Å². The van der Waals surface area contributed by atoms with Gasteiger partial charge in [0.25, 0.3) is 0 Å². The van der Waals surface area contributed by atoms with Crippen LogP contribution < -0.4 is 15.5 Å². The van der Waals surface area contributed by atoms with Crippen molar-refractivity contribution in [2.75, 3.05) is 18.0 Å². The molecular weight excluding hydrogens is 318 g/mol. The van der Waals surface area contributed by atoms with E-state index in [9.17, 15) is 4.79 Å². The van der Waals surface area contributed by atoms with Crippen molar-refractivity contribution in [3.63, 3.8) is 0 Å². The fourth-order valence-corrected chi connectivity index (χ4v) is 3.22. The third-order valence-corrected chi connectivity index (χ3v) is 4.53. The van der Waals surface area contributed by atoms with Crippen molar-refractivity contribution in [1.82, 2.24) is 30.4 Å². The fourth-order valence-electron chi connectivity index (χ4n) is 3.22. The first kappa shape index (κ1) is 17.2. The average Bonchev–Trinajstić information content (AvgIpc) is 2.95.